The standard InChI is InChI=1S/C14H12FN5O3/c1-14(2,19-8-11(7-16-19)20(21)22)13-17-12(18-23-13)9-3-5-10(15)6-4-9/h3-8H,1-2H3. The molecule has 0 unspecified atom stereocenters. The molecule has 3 rings (SSSR count). The summed E-state index contributed by atoms with van der Waals surface area (Å²) in [4.78, 5) is 14.5. The summed E-state index contributed by atoms with van der Waals surface area (Å²) in [6, 6.07) is 5.67. The van der Waals surface area contributed by atoms with Crippen molar-refractivity contribution in [3.8, 4) is 11.4 Å². The lowest BCUT2D eigenvalue weighted by atomic mass is 10.1. The third-order valence-electron chi connectivity index (χ3n) is 3.40. The molecule has 0 amide bonds. The highest BCUT2D eigenvalue weighted by Gasteiger charge is 2.32. The van der Waals surface area contributed by atoms with E-state index < -0.39 is 10.5 Å². The Morgan fingerprint density at radius 2 is 2.00 bits per heavy atom. The fourth-order valence-corrected chi connectivity index (χ4v) is 2.00. The topological polar surface area (TPSA) is 99.9 Å². The lowest BCUT2D eigenvalue weighted by Gasteiger charge is -2.19. The molecule has 0 bridgehead atoms. The van der Waals surface area contributed by atoms with Crippen molar-refractivity contribution in [1.82, 2.24) is 19.9 Å². The van der Waals surface area contributed by atoms with Crippen LogP contribution >= 0.6 is 0 Å². The maximum absolute atomic E-state index is 13.0. The van der Waals surface area contributed by atoms with Crippen LogP contribution in [0.15, 0.2) is 41.2 Å². The minimum absolute atomic E-state index is 0.128. The van der Waals surface area contributed by atoms with Gasteiger partial charge in [0.05, 0.1) is 4.92 Å². The molecule has 0 fully saturated rings. The summed E-state index contributed by atoms with van der Waals surface area (Å²) in [5, 5.41) is 18.6. The van der Waals surface area contributed by atoms with Crippen LogP contribution in [0.25, 0.3) is 11.4 Å². The maximum Gasteiger partial charge on any atom is 0.307 e. The molecule has 0 saturated heterocycles. The van der Waals surface area contributed by atoms with Crippen LogP contribution in [-0.2, 0) is 5.54 Å². The Morgan fingerprint density at radius 1 is 1.30 bits per heavy atom. The molecule has 0 radical (unpaired) electrons. The summed E-state index contributed by atoms with van der Waals surface area (Å²) in [6.45, 7) is 3.48. The molecule has 2 heterocycles. The van der Waals surface area contributed by atoms with Gasteiger partial charge in [-0.25, -0.2) is 4.39 Å². The number of nitro groups is 1. The summed E-state index contributed by atoms with van der Waals surface area (Å²) < 4.78 is 19.6. The Bertz CT molecular complexity index is 853. The van der Waals surface area contributed by atoms with Crippen LogP contribution in [0.4, 0.5) is 10.1 Å². The van der Waals surface area contributed by atoms with Crippen LogP contribution in [0.3, 0.4) is 0 Å². The zero-order valence-electron chi connectivity index (χ0n) is 12.3. The molecular weight excluding hydrogens is 305 g/mol. The monoisotopic (exact) mass is 317 g/mol. The van der Waals surface area contributed by atoms with E-state index in [0.717, 1.165) is 6.20 Å². The molecule has 2 aromatic heterocycles. The molecule has 1 aromatic carbocycles. The first-order valence-corrected chi connectivity index (χ1v) is 6.67. The first-order chi connectivity index (χ1) is 10.9. The molecule has 0 aliphatic heterocycles. The van der Waals surface area contributed by atoms with Crippen LogP contribution in [-0.4, -0.2) is 24.8 Å². The molecule has 9 heteroatoms. The molecule has 3 aromatic rings. The number of hydrogen-bond donors (Lipinski definition) is 0. The van der Waals surface area contributed by atoms with E-state index >= 15 is 0 Å². The highest BCUT2D eigenvalue weighted by atomic mass is 19.1. The quantitative estimate of drug-likeness (QED) is 0.542. The molecule has 23 heavy (non-hydrogen) atoms. The van der Waals surface area contributed by atoms with Crippen molar-refractivity contribution in [2.75, 3.05) is 0 Å². The van der Waals surface area contributed by atoms with Crippen molar-refractivity contribution in [2.24, 2.45) is 0 Å². The molecule has 0 aliphatic carbocycles. The van der Waals surface area contributed by atoms with Crippen molar-refractivity contribution in [1.29, 1.82) is 0 Å². The second-order valence-corrected chi connectivity index (χ2v) is 5.39. The number of rotatable bonds is 4. The van der Waals surface area contributed by atoms with E-state index in [1.165, 1.54) is 35.1 Å². The van der Waals surface area contributed by atoms with Crippen LogP contribution in [0.1, 0.15) is 19.7 Å². The van der Waals surface area contributed by atoms with Crippen LogP contribution < -0.4 is 0 Å². The summed E-state index contributed by atoms with van der Waals surface area (Å²) >= 11 is 0. The minimum Gasteiger partial charge on any atom is -0.336 e. The third-order valence-corrected chi connectivity index (χ3v) is 3.40. The van der Waals surface area contributed by atoms with E-state index in [9.17, 15) is 14.5 Å². The average Bonchev–Trinajstić information content (AvgIpc) is 3.18. The smallest absolute Gasteiger partial charge is 0.307 e. The molecular formula is C14H12FN5O3. The molecule has 0 aliphatic rings. The highest BCUT2D eigenvalue weighted by molar-refractivity contribution is 5.53. The van der Waals surface area contributed by atoms with Crippen LogP contribution in [0, 0.1) is 15.9 Å². The highest BCUT2D eigenvalue weighted by Crippen LogP contribution is 2.27. The van der Waals surface area contributed by atoms with Gasteiger partial charge in [0.25, 0.3) is 5.89 Å². The Labute approximate surface area is 129 Å². The number of benzene rings is 1. The van der Waals surface area contributed by atoms with Gasteiger partial charge in [-0.05, 0) is 38.1 Å². The van der Waals surface area contributed by atoms with Gasteiger partial charge < -0.3 is 4.52 Å². The Kier molecular flexibility index (Phi) is 3.40. The normalized spacial score (nSPS) is 11.6. The number of halogens is 1. The predicted molar refractivity (Wildman–Crippen MR) is 77.0 cm³/mol. The van der Waals surface area contributed by atoms with E-state index in [1.54, 1.807) is 13.8 Å². The summed E-state index contributed by atoms with van der Waals surface area (Å²) in [5.41, 5.74) is -0.403. The van der Waals surface area contributed by atoms with Crippen molar-refractivity contribution < 1.29 is 13.8 Å². The number of nitrogens with zero attached hydrogens (tertiary/aromatic N) is 5. The van der Waals surface area contributed by atoms with Gasteiger partial charge in [0.2, 0.25) is 5.82 Å². The Morgan fingerprint density at radius 3 is 2.61 bits per heavy atom. The van der Waals surface area contributed by atoms with Crippen LogP contribution in [0.5, 0.6) is 0 Å². The summed E-state index contributed by atoms with van der Waals surface area (Å²) in [7, 11) is 0. The largest absolute Gasteiger partial charge is 0.336 e. The first kappa shape index (κ1) is 14.8. The van der Waals surface area contributed by atoms with Gasteiger partial charge in [-0.3, -0.25) is 14.8 Å². The summed E-state index contributed by atoms with van der Waals surface area (Å²) in [6.07, 6.45) is 2.45. The second-order valence-electron chi connectivity index (χ2n) is 5.39. The lowest BCUT2D eigenvalue weighted by Crippen LogP contribution is -2.28. The zero-order valence-corrected chi connectivity index (χ0v) is 12.3. The molecule has 0 N–H and O–H groups in total. The van der Waals surface area contributed by atoms with Gasteiger partial charge in [-0.2, -0.15) is 10.1 Å². The molecule has 0 spiro atoms. The van der Waals surface area contributed by atoms with E-state index in [1.807, 2.05) is 0 Å². The molecule has 8 nitrogen and oxygen atoms in total. The second kappa shape index (κ2) is 5.27. The Balaban J connectivity index is 1.94. The van der Waals surface area contributed by atoms with Gasteiger partial charge in [-0.1, -0.05) is 5.16 Å². The SMILES string of the molecule is CC(C)(c1nc(-c2ccc(F)cc2)no1)n1cc([N+](=O)[O-])cn1. The van der Waals surface area contributed by atoms with Crippen molar-refractivity contribution in [3.05, 3.63) is 58.5 Å². The first-order valence-electron chi connectivity index (χ1n) is 6.67. The fourth-order valence-electron chi connectivity index (χ4n) is 2.00. The molecule has 0 atom stereocenters. The summed E-state index contributed by atoms with van der Waals surface area (Å²) in [5.74, 6) is 0.172. The zero-order chi connectivity index (χ0) is 16.6. The fraction of sp³-hybridized carbons (Fsp3) is 0.214. The van der Waals surface area contributed by atoms with Crippen LogP contribution in [0.2, 0.25) is 0 Å². The van der Waals surface area contributed by atoms with Gasteiger partial charge in [-0.15, -0.1) is 0 Å². The van der Waals surface area contributed by atoms with E-state index in [4.69, 9.17) is 4.52 Å². The molecule has 118 valence electrons. The predicted octanol–water partition coefficient (Wildman–Crippen LogP) is 2.76. The Hall–Kier alpha value is -3.10. The van der Waals surface area contributed by atoms with Gasteiger partial charge in [0.15, 0.2) is 0 Å². The lowest BCUT2D eigenvalue weighted by molar-refractivity contribution is -0.385. The minimum atomic E-state index is -0.875. The maximum atomic E-state index is 13.0. The average molecular weight is 317 g/mol. The van der Waals surface area contributed by atoms with Gasteiger partial charge >= 0.3 is 5.69 Å². The van der Waals surface area contributed by atoms with Crippen molar-refractivity contribution in [2.45, 2.75) is 19.4 Å². The van der Waals surface area contributed by atoms with Gasteiger partial charge in [0.1, 0.15) is 23.7 Å². The number of hydrogen-bond acceptors (Lipinski definition) is 6. The van der Waals surface area contributed by atoms with Gasteiger partial charge in [0, 0.05) is 5.56 Å². The van der Waals surface area contributed by atoms with E-state index in [0.29, 0.717) is 11.4 Å². The van der Waals surface area contributed by atoms with Crippen molar-refractivity contribution >= 4 is 5.69 Å². The van der Waals surface area contributed by atoms with E-state index in [-0.39, 0.29) is 17.4 Å². The van der Waals surface area contributed by atoms with E-state index in [2.05, 4.69) is 15.2 Å². The number of aromatic nitrogens is 4. The third kappa shape index (κ3) is 2.68. The molecule has 0 saturated carbocycles. The van der Waals surface area contributed by atoms with Crippen molar-refractivity contribution in [3.63, 3.8) is 0 Å².